The van der Waals surface area contributed by atoms with Crippen LogP contribution in [0.1, 0.15) is 16.1 Å². The lowest BCUT2D eigenvalue weighted by Crippen LogP contribution is -2.41. The molecule has 22 heavy (non-hydrogen) atoms. The number of anilines is 2. The number of nitrogens with one attached hydrogen (secondary N) is 1. The zero-order chi connectivity index (χ0) is 15.4. The zero-order valence-electron chi connectivity index (χ0n) is 12.6. The van der Waals surface area contributed by atoms with Crippen LogP contribution in [-0.2, 0) is 4.74 Å². The fourth-order valence-electron chi connectivity index (χ4n) is 2.36. The molecule has 1 aliphatic heterocycles. The third-order valence-electron chi connectivity index (χ3n) is 3.62. The standard InChI is InChI=1S/C17H19N3O2/c1-13-2-4-14(5-3-13)19-15-6-7-18-16(12-15)17(21)20-8-10-22-11-9-20/h2-7,12H,8-11H2,1H3,(H,18,19). The van der Waals surface area contributed by atoms with E-state index in [2.05, 4.69) is 17.2 Å². The molecule has 1 aromatic heterocycles. The van der Waals surface area contributed by atoms with Crippen LogP contribution in [0.2, 0.25) is 0 Å². The molecule has 0 aliphatic carbocycles. The van der Waals surface area contributed by atoms with Gasteiger partial charge in [0.2, 0.25) is 0 Å². The Morgan fingerprint density at radius 1 is 1.14 bits per heavy atom. The van der Waals surface area contributed by atoms with Crippen LogP contribution in [0.4, 0.5) is 11.4 Å². The first kappa shape index (κ1) is 14.5. The molecule has 1 aliphatic rings. The topological polar surface area (TPSA) is 54.5 Å². The van der Waals surface area contributed by atoms with Crippen molar-refractivity contribution in [2.45, 2.75) is 6.92 Å². The van der Waals surface area contributed by atoms with Crippen LogP contribution in [0.5, 0.6) is 0 Å². The number of morpholine rings is 1. The lowest BCUT2D eigenvalue weighted by Gasteiger charge is -2.26. The number of aromatic nitrogens is 1. The maximum Gasteiger partial charge on any atom is 0.272 e. The second kappa shape index (κ2) is 6.58. The van der Waals surface area contributed by atoms with E-state index in [0.29, 0.717) is 32.0 Å². The van der Waals surface area contributed by atoms with Gasteiger partial charge in [-0.1, -0.05) is 17.7 Å². The number of ether oxygens (including phenoxy) is 1. The highest BCUT2D eigenvalue weighted by Gasteiger charge is 2.19. The molecule has 1 amide bonds. The number of carbonyl (C=O) groups excluding carboxylic acids is 1. The Labute approximate surface area is 129 Å². The lowest BCUT2D eigenvalue weighted by molar-refractivity contribution is 0.0299. The monoisotopic (exact) mass is 297 g/mol. The molecule has 1 fully saturated rings. The molecule has 3 rings (SSSR count). The van der Waals surface area contributed by atoms with Crippen molar-refractivity contribution < 1.29 is 9.53 Å². The molecule has 1 aromatic carbocycles. The van der Waals surface area contributed by atoms with E-state index in [1.165, 1.54) is 5.56 Å². The van der Waals surface area contributed by atoms with Gasteiger partial charge in [0.25, 0.3) is 5.91 Å². The van der Waals surface area contributed by atoms with E-state index < -0.39 is 0 Å². The van der Waals surface area contributed by atoms with E-state index in [4.69, 9.17) is 4.74 Å². The molecular weight excluding hydrogens is 278 g/mol. The van der Waals surface area contributed by atoms with Crippen molar-refractivity contribution in [3.63, 3.8) is 0 Å². The molecule has 2 heterocycles. The van der Waals surface area contributed by atoms with Crippen molar-refractivity contribution in [3.8, 4) is 0 Å². The molecule has 0 bridgehead atoms. The Balaban J connectivity index is 1.74. The van der Waals surface area contributed by atoms with Crippen molar-refractivity contribution in [1.82, 2.24) is 9.88 Å². The summed E-state index contributed by atoms with van der Waals surface area (Å²) in [5.74, 6) is -0.0455. The maximum atomic E-state index is 12.4. The first-order valence-electron chi connectivity index (χ1n) is 7.39. The molecule has 5 nitrogen and oxygen atoms in total. The molecular formula is C17H19N3O2. The predicted molar refractivity (Wildman–Crippen MR) is 85.4 cm³/mol. The Morgan fingerprint density at radius 2 is 1.86 bits per heavy atom. The summed E-state index contributed by atoms with van der Waals surface area (Å²) < 4.78 is 5.27. The van der Waals surface area contributed by atoms with Crippen LogP contribution in [0.3, 0.4) is 0 Å². The van der Waals surface area contributed by atoms with E-state index in [9.17, 15) is 4.79 Å². The number of hydrogen-bond donors (Lipinski definition) is 1. The summed E-state index contributed by atoms with van der Waals surface area (Å²) in [4.78, 5) is 18.4. The SMILES string of the molecule is Cc1ccc(Nc2ccnc(C(=O)N3CCOCC3)c2)cc1. The normalized spacial score (nSPS) is 14.7. The number of carbonyl (C=O) groups is 1. The minimum Gasteiger partial charge on any atom is -0.378 e. The van der Waals surface area contributed by atoms with Crippen molar-refractivity contribution in [3.05, 3.63) is 53.9 Å². The number of aryl methyl sites for hydroxylation is 1. The van der Waals surface area contributed by atoms with Gasteiger partial charge >= 0.3 is 0 Å². The average molecular weight is 297 g/mol. The van der Waals surface area contributed by atoms with Crippen molar-refractivity contribution in [2.24, 2.45) is 0 Å². The van der Waals surface area contributed by atoms with Crippen molar-refractivity contribution in [2.75, 3.05) is 31.6 Å². The number of amides is 1. The third-order valence-corrected chi connectivity index (χ3v) is 3.62. The molecule has 0 radical (unpaired) electrons. The molecule has 0 atom stereocenters. The van der Waals surface area contributed by atoms with Gasteiger partial charge in [-0.3, -0.25) is 9.78 Å². The molecule has 114 valence electrons. The van der Waals surface area contributed by atoms with E-state index in [1.54, 1.807) is 17.2 Å². The highest BCUT2D eigenvalue weighted by Crippen LogP contribution is 2.18. The van der Waals surface area contributed by atoms with Gasteiger partial charge < -0.3 is 15.0 Å². The molecule has 0 unspecified atom stereocenters. The zero-order valence-corrected chi connectivity index (χ0v) is 12.6. The fraction of sp³-hybridized carbons (Fsp3) is 0.294. The largest absolute Gasteiger partial charge is 0.378 e. The van der Waals surface area contributed by atoms with Gasteiger partial charge in [-0.2, -0.15) is 0 Å². The second-order valence-corrected chi connectivity index (χ2v) is 5.33. The van der Waals surface area contributed by atoms with Crippen LogP contribution in [-0.4, -0.2) is 42.1 Å². The Hall–Kier alpha value is -2.40. The van der Waals surface area contributed by atoms with Gasteiger partial charge in [-0.05, 0) is 31.2 Å². The van der Waals surface area contributed by atoms with E-state index in [1.807, 2.05) is 30.3 Å². The summed E-state index contributed by atoms with van der Waals surface area (Å²) in [7, 11) is 0. The number of nitrogens with zero attached hydrogens (tertiary/aromatic N) is 2. The smallest absolute Gasteiger partial charge is 0.272 e. The number of rotatable bonds is 3. The first-order valence-corrected chi connectivity index (χ1v) is 7.39. The minimum atomic E-state index is -0.0455. The van der Waals surface area contributed by atoms with Crippen LogP contribution in [0, 0.1) is 6.92 Å². The lowest BCUT2D eigenvalue weighted by atomic mass is 10.2. The first-order chi connectivity index (χ1) is 10.7. The van der Waals surface area contributed by atoms with Gasteiger partial charge in [0, 0.05) is 30.7 Å². The summed E-state index contributed by atoms with van der Waals surface area (Å²) in [6, 6.07) is 11.8. The quantitative estimate of drug-likeness (QED) is 0.946. The third kappa shape index (κ3) is 3.43. The molecule has 1 N–H and O–H groups in total. The van der Waals surface area contributed by atoms with Gasteiger partial charge in [-0.15, -0.1) is 0 Å². The van der Waals surface area contributed by atoms with Crippen LogP contribution in [0.15, 0.2) is 42.6 Å². The fourth-order valence-corrected chi connectivity index (χ4v) is 2.36. The second-order valence-electron chi connectivity index (χ2n) is 5.33. The molecule has 2 aromatic rings. The summed E-state index contributed by atoms with van der Waals surface area (Å²) in [5, 5.41) is 3.29. The summed E-state index contributed by atoms with van der Waals surface area (Å²) >= 11 is 0. The van der Waals surface area contributed by atoms with Crippen LogP contribution >= 0.6 is 0 Å². The molecule has 5 heteroatoms. The molecule has 0 saturated carbocycles. The average Bonchev–Trinajstić information content (AvgIpc) is 2.57. The summed E-state index contributed by atoms with van der Waals surface area (Å²) in [5.41, 5.74) is 3.51. The Morgan fingerprint density at radius 3 is 2.59 bits per heavy atom. The van der Waals surface area contributed by atoms with E-state index >= 15 is 0 Å². The number of benzene rings is 1. The Bertz CT molecular complexity index is 649. The van der Waals surface area contributed by atoms with Crippen LogP contribution < -0.4 is 5.32 Å². The van der Waals surface area contributed by atoms with Gasteiger partial charge in [0.05, 0.1) is 13.2 Å². The summed E-state index contributed by atoms with van der Waals surface area (Å²) in [6.45, 7) is 4.47. The van der Waals surface area contributed by atoms with Crippen LogP contribution in [0.25, 0.3) is 0 Å². The minimum absolute atomic E-state index is 0.0455. The highest BCUT2D eigenvalue weighted by molar-refractivity contribution is 5.93. The molecule has 0 spiro atoms. The van der Waals surface area contributed by atoms with E-state index in [0.717, 1.165) is 11.4 Å². The predicted octanol–water partition coefficient (Wildman–Crippen LogP) is 2.61. The Kier molecular flexibility index (Phi) is 4.34. The number of pyridine rings is 1. The van der Waals surface area contributed by atoms with Gasteiger partial charge in [0.15, 0.2) is 0 Å². The molecule has 1 saturated heterocycles. The van der Waals surface area contributed by atoms with E-state index in [-0.39, 0.29) is 5.91 Å². The van der Waals surface area contributed by atoms with Gasteiger partial charge in [0.1, 0.15) is 5.69 Å². The van der Waals surface area contributed by atoms with Crippen molar-refractivity contribution in [1.29, 1.82) is 0 Å². The van der Waals surface area contributed by atoms with Crippen molar-refractivity contribution >= 4 is 17.3 Å². The maximum absolute atomic E-state index is 12.4. The highest BCUT2D eigenvalue weighted by atomic mass is 16.5. The number of hydrogen-bond acceptors (Lipinski definition) is 4. The summed E-state index contributed by atoms with van der Waals surface area (Å²) in [6.07, 6.45) is 1.66. The van der Waals surface area contributed by atoms with Gasteiger partial charge in [-0.25, -0.2) is 0 Å².